The monoisotopic (exact) mass is 270 g/mol. The maximum Gasteiger partial charge on any atom is 0.173 e. The summed E-state index contributed by atoms with van der Waals surface area (Å²) >= 11 is 0. The fourth-order valence-corrected chi connectivity index (χ4v) is 2.39. The Morgan fingerprint density at radius 3 is 2.50 bits per heavy atom. The fourth-order valence-electron chi connectivity index (χ4n) is 2.39. The first-order valence-corrected chi connectivity index (χ1v) is 6.41. The molecule has 1 unspecified atom stereocenters. The number of phenols is 2. The Labute approximate surface area is 116 Å². The number of hydrogen-bond donors (Lipinski definition) is 2. The van der Waals surface area contributed by atoms with Crippen LogP contribution in [0.25, 0.3) is 0 Å². The van der Waals surface area contributed by atoms with E-state index in [-0.39, 0.29) is 23.2 Å². The van der Waals surface area contributed by atoms with E-state index in [1.165, 1.54) is 12.1 Å². The van der Waals surface area contributed by atoms with E-state index < -0.39 is 0 Å². The second-order valence-corrected chi connectivity index (χ2v) is 4.92. The Morgan fingerprint density at radius 2 is 1.75 bits per heavy atom. The zero-order valence-corrected chi connectivity index (χ0v) is 10.7. The summed E-state index contributed by atoms with van der Waals surface area (Å²) in [5.41, 5.74) is 1.49. The van der Waals surface area contributed by atoms with Crippen LogP contribution in [0.15, 0.2) is 42.5 Å². The van der Waals surface area contributed by atoms with Gasteiger partial charge < -0.3 is 14.9 Å². The Balaban J connectivity index is 1.81. The minimum absolute atomic E-state index is 0.0272. The standard InChI is InChI=1S/C16H14O4/c17-12-3-1-10(2-4-12)7-11-9-20-15-8-13(18)5-6-14(15)16(11)19/h1-6,8,11,17-18H,7,9H2. The predicted molar refractivity (Wildman–Crippen MR) is 73.2 cm³/mol. The molecule has 0 aliphatic carbocycles. The van der Waals surface area contributed by atoms with Crippen molar-refractivity contribution in [3.8, 4) is 17.2 Å². The van der Waals surface area contributed by atoms with Crippen molar-refractivity contribution in [3.05, 3.63) is 53.6 Å². The second-order valence-electron chi connectivity index (χ2n) is 4.92. The van der Waals surface area contributed by atoms with Gasteiger partial charge in [0.25, 0.3) is 0 Å². The molecule has 0 amide bonds. The van der Waals surface area contributed by atoms with Crippen LogP contribution in [0.1, 0.15) is 15.9 Å². The fraction of sp³-hybridized carbons (Fsp3) is 0.188. The van der Waals surface area contributed by atoms with E-state index in [2.05, 4.69) is 0 Å². The maximum atomic E-state index is 12.4. The highest BCUT2D eigenvalue weighted by molar-refractivity contribution is 6.01. The molecule has 0 aromatic heterocycles. The van der Waals surface area contributed by atoms with Crippen LogP contribution in [-0.2, 0) is 6.42 Å². The average Bonchev–Trinajstić information content (AvgIpc) is 2.44. The van der Waals surface area contributed by atoms with Crippen molar-refractivity contribution in [2.75, 3.05) is 6.61 Å². The van der Waals surface area contributed by atoms with Gasteiger partial charge in [0.15, 0.2) is 5.78 Å². The summed E-state index contributed by atoms with van der Waals surface area (Å²) in [6.07, 6.45) is 0.569. The number of benzene rings is 2. The molecule has 2 N–H and O–H groups in total. The predicted octanol–water partition coefficient (Wildman–Crippen LogP) is 2.53. The molecule has 0 bridgehead atoms. The number of ketones is 1. The van der Waals surface area contributed by atoms with E-state index in [0.29, 0.717) is 24.3 Å². The van der Waals surface area contributed by atoms with Crippen LogP contribution in [0, 0.1) is 5.92 Å². The van der Waals surface area contributed by atoms with Crippen molar-refractivity contribution < 1.29 is 19.7 Å². The Kier molecular flexibility index (Phi) is 3.06. The van der Waals surface area contributed by atoms with Crippen LogP contribution in [0.5, 0.6) is 17.2 Å². The lowest BCUT2D eigenvalue weighted by molar-refractivity contribution is 0.0830. The van der Waals surface area contributed by atoms with E-state index in [1.807, 2.05) is 0 Å². The van der Waals surface area contributed by atoms with Crippen LogP contribution in [0.4, 0.5) is 0 Å². The second kappa shape index (κ2) is 4.89. The van der Waals surface area contributed by atoms with Crippen molar-refractivity contribution in [2.24, 2.45) is 5.92 Å². The maximum absolute atomic E-state index is 12.4. The van der Waals surface area contributed by atoms with Crippen LogP contribution < -0.4 is 4.74 Å². The van der Waals surface area contributed by atoms with Crippen LogP contribution in [0.3, 0.4) is 0 Å². The molecule has 1 aliphatic rings. The smallest absolute Gasteiger partial charge is 0.173 e. The molecular formula is C16H14O4. The van der Waals surface area contributed by atoms with Crippen LogP contribution in [-0.4, -0.2) is 22.6 Å². The largest absolute Gasteiger partial charge is 0.508 e. The van der Waals surface area contributed by atoms with Gasteiger partial charge in [0.1, 0.15) is 17.2 Å². The van der Waals surface area contributed by atoms with Gasteiger partial charge in [-0.3, -0.25) is 4.79 Å². The third kappa shape index (κ3) is 2.32. The van der Waals surface area contributed by atoms with Gasteiger partial charge in [-0.25, -0.2) is 0 Å². The molecular weight excluding hydrogens is 256 g/mol. The van der Waals surface area contributed by atoms with Crippen molar-refractivity contribution in [2.45, 2.75) is 6.42 Å². The first-order valence-electron chi connectivity index (χ1n) is 6.41. The van der Waals surface area contributed by atoms with Crippen molar-refractivity contribution in [3.63, 3.8) is 0 Å². The number of fused-ring (bicyclic) bond motifs is 1. The SMILES string of the molecule is O=C1c2ccc(O)cc2OCC1Cc1ccc(O)cc1. The first-order chi connectivity index (χ1) is 9.63. The summed E-state index contributed by atoms with van der Waals surface area (Å²) in [6, 6.07) is 11.4. The number of rotatable bonds is 2. The first kappa shape index (κ1) is 12.5. The number of aromatic hydroxyl groups is 2. The van der Waals surface area contributed by atoms with Crippen molar-refractivity contribution >= 4 is 5.78 Å². The highest BCUT2D eigenvalue weighted by Gasteiger charge is 2.29. The third-order valence-corrected chi connectivity index (χ3v) is 3.46. The number of Topliss-reactive ketones (excluding diaryl/α,β-unsaturated/α-hetero) is 1. The molecule has 2 aromatic carbocycles. The zero-order valence-electron chi connectivity index (χ0n) is 10.7. The summed E-state index contributed by atoms with van der Waals surface area (Å²) in [7, 11) is 0. The summed E-state index contributed by atoms with van der Waals surface area (Å²) < 4.78 is 5.55. The molecule has 20 heavy (non-hydrogen) atoms. The molecule has 1 aliphatic heterocycles. The van der Waals surface area contributed by atoms with Gasteiger partial charge in [-0.05, 0) is 36.2 Å². The topological polar surface area (TPSA) is 66.8 Å². The molecule has 0 saturated heterocycles. The highest BCUT2D eigenvalue weighted by Crippen LogP contribution is 2.31. The Bertz CT molecular complexity index is 646. The molecule has 2 aromatic rings. The average molecular weight is 270 g/mol. The lowest BCUT2D eigenvalue weighted by atomic mass is 9.89. The number of ether oxygens (including phenoxy) is 1. The number of hydrogen-bond acceptors (Lipinski definition) is 4. The van der Waals surface area contributed by atoms with Crippen LogP contribution in [0.2, 0.25) is 0 Å². The quantitative estimate of drug-likeness (QED) is 0.880. The molecule has 0 spiro atoms. The zero-order chi connectivity index (χ0) is 14.1. The van der Waals surface area contributed by atoms with Gasteiger partial charge in [0.2, 0.25) is 0 Å². The number of carbonyl (C=O) groups excluding carboxylic acids is 1. The Hall–Kier alpha value is -2.49. The molecule has 1 atom stereocenters. The molecule has 4 nitrogen and oxygen atoms in total. The van der Waals surface area contributed by atoms with Crippen molar-refractivity contribution in [1.29, 1.82) is 0 Å². The molecule has 102 valence electrons. The van der Waals surface area contributed by atoms with E-state index >= 15 is 0 Å². The van der Waals surface area contributed by atoms with Gasteiger partial charge in [-0.2, -0.15) is 0 Å². The van der Waals surface area contributed by atoms with E-state index in [4.69, 9.17) is 4.74 Å². The summed E-state index contributed by atoms with van der Waals surface area (Å²) in [5, 5.41) is 18.6. The lowest BCUT2D eigenvalue weighted by Crippen LogP contribution is -2.29. The summed E-state index contributed by atoms with van der Waals surface area (Å²) in [5.74, 6) is 0.530. The molecule has 1 heterocycles. The molecule has 0 radical (unpaired) electrons. The Morgan fingerprint density at radius 1 is 1.05 bits per heavy atom. The minimum Gasteiger partial charge on any atom is -0.508 e. The normalized spacial score (nSPS) is 17.4. The third-order valence-electron chi connectivity index (χ3n) is 3.46. The van der Waals surface area contributed by atoms with Gasteiger partial charge in [0, 0.05) is 6.07 Å². The molecule has 3 rings (SSSR count). The highest BCUT2D eigenvalue weighted by atomic mass is 16.5. The van der Waals surface area contributed by atoms with Crippen molar-refractivity contribution in [1.82, 2.24) is 0 Å². The molecule has 0 saturated carbocycles. The van der Waals surface area contributed by atoms with Crippen LogP contribution >= 0.6 is 0 Å². The molecule has 4 heteroatoms. The molecule has 0 fully saturated rings. The summed E-state index contributed by atoms with van der Waals surface area (Å²) in [6.45, 7) is 0.302. The summed E-state index contributed by atoms with van der Waals surface area (Å²) in [4.78, 5) is 12.4. The minimum atomic E-state index is -0.239. The van der Waals surface area contributed by atoms with Gasteiger partial charge in [-0.1, -0.05) is 12.1 Å². The van der Waals surface area contributed by atoms with Gasteiger partial charge in [-0.15, -0.1) is 0 Å². The van der Waals surface area contributed by atoms with E-state index in [9.17, 15) is 15.0 Å². The lowest BCUT2D eigenvalue weighted by Gasteiger charge is -2.24. The van der Waals surface area contributed by atoms with Gasteiger partial charge in [0.05, 0.1) is 18.1 Å². The van der Waals surface area contributed by atoms with Gasteiger partial charge >= 0.3 is 0 Å². The van der Waals surface area contributed by atoms with E-state index in [1.54, 1.807) is 30.3 Å². The number of phenolic OH excluding ortho intramolecular Hbond substituents is 2. The van der Waals surface area contributed by atoms with E-state index in [0.717, 1.165) is 5.56 Å². The number of carbonyl (C=O) groups is 1.